The van der Waals surface area contributed by atoms with Gasteiger partial charge in [-0.25, -0.2) is 4.63 Å². The molecule has 1 amide bonds. The fourth-order valence-electron chi connectivity index (χ4n) is 2.45. The Kier molecular flexibility index (Phi) is 6.04. The van der Waals surface area contributed by atoms with Gasteiger partial charge in [0.25, 0.3) is 5.91 Å². The quantitative estimate of drug-likeness (QED) is 0.601. The van der Waals surface area contributed by atoms with E-state index >= 15 is 0 Å². The lowest BCUT2D eigenvalue weighted by Gasteiger charge is -2.07. The van der Waals surface area contributed by atoms with Crippen LogP contribution in [0.4, 0.5) is 5.82 Å². The molecule has 7 heteroatoms. The molecule has 7 nitrogen and oxygen atoms in total. The topological polar surface area (TPSA) is 86.5 Å². The smallest absolute Gasteiger partial charge is 0.257 e. The predicted octanol–water partition coefficient (Wildman–Crippen LogP) is 4.18. The summed E-state index contributed by atoms with van der Waals surface area (Å²) in [5, 5.41) is 10.4. The van der Waals surface area contributed by atoms with Crippen LogP contribution in [0.2, 0.25) is 0 Å². The summed E-state index contributed by atoms with van der Waals surface area (Å²) >= 11 is 0. The SMILES string of the molecule is CCCCOc1ccc(-c2nonc2NC(=O)c2cccc(OC)c2)cc1. The van der Waals surface area contributed by atoms with Crippen molar-refractivity contribution in [2.45, 2.75) is 19.8 Å². The van der Waals surface area contributed by atoms with Crippen molar-refractivity contribution >= 4 is 11.7 Å². The number of ether oxygens (including phenoxy) is 2. The molecule has 0 spiro atoms. The second-order valence-corrected chi connectivity index (χ2v) is 5.87. The zero-order chi connectivity index (χ0) is 19.1. The third-order valence-electron chi connectivity index (χ3n) is 3.95. The summed E-state index contributed by atoms with van der Waals surface area (Å²) in [7, 11) is 1.55. The highest BCUT2D eigenvalue weighted by molar-refractivity contribution is 6.05. The third-order valence-corrected chi connectivity index (χ3v) is 3.95. The maximum atomic E-state index is 12.5. The molecule has 140 valence electrons. The van der Waals surface area contributed by atoms with Crippen molar-refractivity contribution in [1.29, 1.82) is 0 Å². The van der Waals surface area contributed by atoms with Gasteiger partial charge in [-0.15, -0.1) is 0 Å². The summed E-state index contributed by atoms with van der Waals surface area (Å²) in [4.78, 5) is 12.5. The molecule has 2 aromatic carbocycles. The number of unbranched alkanes of at least 4 members (excludes halogenated alkanes) is 1. The average molecular weight is 367 g/mol. The third kappa shape index (κ3) is 4.63. The van der Waals surface area contributed by atoms with Crippen molar-refractivity contribution in [2.24, 2.45) is 0 Å². The van der Waals surface area contributed by atoms with E-state index in [1.807, 2.05) is 24.3 Å². The Morgan fingerprint density at radius 3 is 2.67 bits per heavy atom. The highest BCUT2D eigenvalue weighted by atomic mass is 16.6. The van der Waals surface area contributed by atoms with Gasteiger partial charge in [0.1, 0.15) is 11.5 Å². The van der Waals surface area contributed by atoms with Gasteiger partial charge in [-0.05, 0) is 59.2 Å². The first-order valence-corrected chi connectivity index (χ1v) is 8.72. The number of hydrogen-bond donors (Lipinski definition) is 1. The number of amides is 1. The molecule has 0 fully saturated rings. The molecule has 27 heavy (non-hydrogen) atoms. The van der Waals surface area contributed by atoms with E-state index in [9.17, 15) is 4.79 Å². The molecule has 0 atom stereocenters. The average Bonchev–Trinajstić information content (AvgIpc) is 3.17. The molecule has 0 radical (unpaired) electrons. The molecule has 0 bridgehead atoms. The van der Waals surface area contributed by atoms with Crippen LogP contribution in [0.1, 0.15) is 30.1 Å². The Bertz CT molecular complexity index is 890. The van der Waals surface area contributed by atoms with Gasteiger partial charge < -0.3 is 14.8 Å². The minimum atomic E-state index is -0.328. The zero-order valence-electron chi connectivity index (χ0n) is 15.3. The van der Waals surface area contributed by atoms with Crippen LogP contribution in [0.15, 0.2) is 53.2 Å². The van der Waals surface area contributed by atoms with E-state index in [4.69, 9.17) is 14.1 Å². The first-order valence-electron chi connectivity index (χ1n) is 8.72. The number of methoxy groups -OCH3 is 1. The first kappa shape index (κ1) is 18.4. The van der Waals surface area contributed by atoms with Crippen LogP contribution < -0.4 is 14.8 Å². The number of hydrogen-bond acceptors (Lipinski definition) is 6. The normalized spacial score (nSPS) is 10.4. The Balaban J connectivity index is 1.72. The Morgan fingerprint density at radius 2 is 1.93 bits per heavy atom. The lowest BCUT2D eigenvalue weighted by atomic mass is 10.1. The van der Waals surface area contributed by atoms with Crippen LogP contribution in [-0.4, -0.2) is 29.9 Å². The molecule has 3 aromatic rings. The fourth-order valence-corrected chi connectivity index (χ4v) is 2.45. The highest BCUT2D eigenvalue weighted by Crippen LogP contribution is 2.27. The number of nitrogens with zero attached hydrogens (tertiary/aromatic N) is 2. The summed E-state index contributed by atoms with van der Waals surface area (Å²) in [6.07, 6.45) is 2.09. The molecule has 0 saturated heterocycles. The Morgan fingerprint density at radius 1 is 1.11 bits per heavy atom. The molecule has 0 saturated carbocycles. The van der Waals surface area contributed by atoms with E-state index in [1.54, 1.807) is 31.4 Å². The molecule has 1 aromatic heterocycles. The van der Waals surface area contributed by atoms with Gasteiger partial charge in [0.15, 0.2) is 5.69 Å². The van der Waals surface area contributed by atoms with Crippen LogP contribution in [0.25, 0.3) is 11.3 Å². The maximum Gasteiger partial charge on any atom is 0.257 e. The number of aromatic nitrogens is 2. The molecule has 0 aliphatic heterocycles. The lowest BCUT2D eigenvalue weighted by Crippen LogP contribution is -2.12. The summed E-state index contributed by atoms with van der Waals surface area (Å²) in [6, 6.07) is 14.3. The van der Waals surface area contributed by atoms with E-state index in [-0.39, 0.29) is 11.7 Å². The number of nitrogens with one attached hydrogen (secondary N) is 1. The van der Waals surface area contributed by atoms with Crippen LogP contribution in [0.3, 0.4) is 0 Å². The van der Waals surface area contributed by atoms with Gasteiger partial charge in [0.2, 0.25) is 5.82 Å². The zero-order valence-corrected chi connectivity index (χ0v) is 15.3. The summed E-state index contributed by atoms with van der Waals surface area (Å²) in [6.45, 7) is 2.80. The van der Waals surface area contributed by atoms with Gasteiger partial charge in [-0.3, -0.25) is 4.79 Å². The minimum Gasteiger partial charge on any atom is -0.497 e. The maximum absolute atomic E-state index is 12.5. The van der Waals surface area contributed by atoms with Gasteiger partial charge in [0, 0.05) is 11.1 Å². The first-order chi connectivity index (χ1) is 13.2. The second kappa shape index (κ2) is 8.84. The molecular formula is C20H21N3O4. The molecular weight excluding hydrogens is 346 g/mol. The van der Waals surface area contributed by atoms with E-state index in [1.165, 1.54) is 0 Å². The van der Waals surface area contributed by atoms with Crippen molar-refractivity contribution < 1.29 is 18.9 Å². The van der Waals surface area contributed by atoms with E-state index in [0.717, 1.165) is 24.2 Å². The fraction of sp³-hybridized carbons (Fsp3) is 0.250. The van der Waals surface area contributed by atoms with Crippen LogP contribution in [0, 0.1) is 0 Å². The van der Waals surface area contributed by atoms with Gasteiger partial charge in [-0.2, -0.15) is 0 Å². The molecule has 3 rings (SSSR count). The predicted molar refractivity (Wildman–Crippen MR) is 101 cm³/mol. The van der Waals surface area contributed by atoms with E-state index < -0.39 is 0 Å². The number of anilines is 1. The molecule has 1 heterocycles. The van der Waals surface area contributed by atoms with Crippen LogP contribution in [-0.2, 0) is 0 Å². The monoisotopic (exact) mass is 367 g/mol. The molecule has 0 unspecified atom stereocenters. The highest BCUT2D eigenvalue weighted by Gasteiger charge is 2.16. The second-order valence-electron chi connectivity index (χ2n) is 5.87. The Hall–Kier alpha value is -3.35. The van der Waals surface area contributed by atoms with Gasteiger partial charge >= 0.3 is 0 Å². The number of carbonyl (C=O) groups excluding carboxylic acids is 1. The van der Waals surface area contributed by atoms with Gasteiger partial charge in [-0.1, -0.05) is 19.4 Å². The van der Waals surface area contributed by atoms with Crippen molar-refractivity contribution in [1.82, 2.24) is 10.3 Å². The van der Waals surface area contributed by atoms with Crippen molar-refractivity contribution in [2.75, 3.05) is 19.0 Å². The summed E-state index contributed by atoms with van der Waals surface area (Å²) in [5.74, 6) is 1.30. The number of benzene rings is 2. The molecule has 0 aliphatic rings. The lowest BCUT2D eigenvalue weighted by molar-refractivity contribution is 0.102. The van der Waals surface area contributed by atoms with Crippen molar-refractivity contribution in [3.63, 3.8) is 0 Å². The molecule has 1 N–H and O–H groups in total. The van der Waals surface area contributed by atoms with Crippen LogP contribution >= 0.6 is 0 Å². The minimum absolute atomic E-state index is 0.252. The standard InChI is InChI=1S/C20H21N3O4/c1-3-4-12-26-16-10-8-14(9-11-16)18-19(23-27-22-18)21-20(24)15-6-5-7-17(13-15)25-2/h5-11,13H,3-4,12H2,1-2H3,(H,21,23,24). The van der Waals surface area contributed by atoms with Gasteiger partial charge in [0.05, 0.1) is 13.7 Å². The summed E-state index contributed by atoms with van der Waals surface area (Å²) in [5.41, 5.74) is 1.66. The Labute approximate surface area is 157 Å². The van der Waals surface area contributed by atoms with Crippen molar-refractivity contribution in [3.05, 3.63) is 54.1 Å². The van der Waals surface area contributed by atoms with Crippen molar-refractivity contribution in [3.8, 4) is 22.8 Å². The number of carbonyl (C=O) groups is 1. The number of rotatable bonds is 8. The largest absolute Gasteiger partial charge is 0.497 e. The van der Waals surface area contributed by atoms with E-state index in [0.29, 0.717) is 23.6 Å². The molecule has 0 aliphatic carbocycles. The summed E-state index contributed by atoms with van der Waals surface area (Å²) < 4.78 is 15.6. The van der Waals surface area contributed by atoms with Crippen LogP contribution in [0.5, 0.6) is 11.5 Å². The van der Waals surface area contributed by atoms with E-state index in [2.05, 4.69) is 22.6 Å².